The Morgan fingerprint density at radius 3 is 2.42 bits per heavy atom. The Labute approximate surface area is 183 Å². The monoisotopic (exact) mass is 422 g/mol. The van der Waals surface area contributed by atoms with E-state index in [0.29, 0.717) is 31.0 Å². The van der Waals surface area contributed by atoms with Crippen molar-refractivity contribution < 1.29 is 14.3 Å². The van der Waals surface area contributed by atoms with Gasteiger partial charge in [0.1, 0.15) is 5.82 Å². The second-order valence-corrected chi connectivity index (χ2v) is 8.21. The normalized spacial score (nSPS) is 17.2. The van der Waals surface area contributed by atoms with E-state index in [4.69, 9.17) is 4.74 Å². The van der Waals surface area contributed by atoms with Gasteiger partial charge in [-0.3, -0.25) is 9.59 Å². The number of pyridine rings is 1. The molecule has 1 aromatic carbocycles. The summed E-state index contributed by atoms with van der Waals surface area (Å²) >= 11 is 0. The number of aromatic nitrogens is 1. The lowest BCUT2D eigenvalue weighted by atomic mass is 9.88. The fraction of sp³-hybridized carbons (Fsp3) is 0.458. The van der Waals surface area contributed by atoms with Gasteiger partial charge >= 0.3 is 0 Å². The molecule has 1 saturated carbocycles. The van der Waals surface area contributed by atoms with Crippen LogP contribution in [0.1, 0.15) is 48.0 Å². The molecule has 164 valence electrons. The molecule has 2 N–H and O–H groups in total. The van der Waals surface area contributed by atoms with E-state index in [1.165, 1.54) is 6.42 Å². The molecule has 2 fully saturated rings. The molecule has 0 bridgehead atoms. The molecule has 7 heteroatoms. The number of rotatable bonds is 6. The topological polar surface area (TPSA) is 83.6 Å². The zero-order valence-corrected chi connectivity index (χ0v) is 17.8. The Balaban J connectivity index is 1.27. The van der Waals surface area contributed by atoms with Crippen LogP contribution in [0.2, 0.25) is 0 Å². The predicted molar refractivity (Wildman–Crippen MR) is 120 cm³/mol. The van der Waals surface area contributed by atoms with Crippen LogP contribution >= 0.6 is 0 Å². The lowest BCUT2D eigenvalue weighted by Gasteiger charge is -2.27. The lowest BCUT2D eigenvalue weighted by molar-refractivity contribution is -0.126. The third kappa shape index (κ3) is 5.82. The first-order valence-electron chi connectivity index (χ1n) is 11.2. The number of morpholine rings is 1. The van der Waals surface area contributed by atoms with Crippen molar-refractivity contribution in [1.29, 1.82) is 0 Å². The second-order valence-electron chi connectivity index (χ2n) is 8.21. The molecule has 1 saturated heterocycles. The summed E-state index contributed by atoms with van der Waals surface area (Å²) in [7, 11) is 0. The molecule has 1 aliphatic heterocycles. The van der Waals surface area contributed by atoms with Crippen LogP contribution in [0.25, 0.3) is 0 Å². The number of hydrogen-bond acceptors (Lipinski definition) is 5. The first kappa shape index (κ1) is 21.3. The average molecular weight is 423 g/mol. The molecular formula is C24H30N4O3. The molecule has 7 nitrogen and oxygen atoms in total. The summed E-state index contributed by atoms with van der Waals surface area (Å²) in [5.74, 6) is 1.01. The third-order valence-corrected chi connectivity index (χ3v) is 6.00. The number of hydrogen-bond donors (Lipinski definition) is 2. The summed E-state index contributed by atoms with van der Waals surface area (Å²) in [5, 5.41) is 5.92. The van der Waals surface area contributed by atoms with Crippen LogP contribution in [0.15, 0.2) is 42.6 Å². The minimum atomic E-state index is -0.182. The summed E-state index contributed by atoms with van der Waals surface area (Å²) < 4.78 is 5.36. The van der Waals surface area contributed by atoms with Gasteiger partial charge < -0.3 is 20.3 Å². The highest BCUT2D eigenvalue weighted by molar-refractivity contribution is 6.04. The summed E-state index contributed by atoms with van der Waals surface area (Å²) in [6, 6.07) is 11.1. The van der Waals surface area contributed by atoms with E-state index in [-0.39, 0.29) is 17.7 Å². The highest BCUT2D eigenvalue weighted by Gasteiger charge is 2.20. The van der Waals surface area contributed by atoms with Crippen molar-refractivity contribution in [1.82, 2.24) is 10.3 Å². The van der Waals surface area contributed by atoms with Gasteiger partial charge in [-0.05, 0) is 42.7 Å². The summed E-state index contributed by atoms with van der Waals surface area (Å²) in [4.78, 5) is 31.5. The number of nitrogens with one attached hydrogen (secondary N) is 2. The Hall–Kier alpha value is -2.93. The zero-order valence-electron chi connectivity index (χ0n) is 17.8. The van der Waals surface area contributed by atoms with E-state index in [1.807, 2.05) is 24.3 Å². The van der Waals surface area contributed by atoms with Gasteiger partial charge in [-0.2, -0.15) is 0 Å². The molecule has 2 aromatic rings. The van der Waals surface area contributed by atoms with E-state index in [9.17, 15) is 9.59 Å². The van der Waals surface area contributed by atoms with Crippen LogP contribution in [0.5, 0.6) is 0 Å². The van der Waals surface area contributed by atoms with E-state index in [0.717, 1.165) is 50.2 Å². The molecule has 1 aromatic heterocycles. The van der Waals surface area contributed by atoms with Crippen LogP contribution in [0, 0.1) is 5.92 Å². The number of benzene rings is 1. The molecule has 2 heterocycles. The van der Waals surface area contributed by atoms with E-state index >= 15 is 0 Å². The Bertz CT molecular complexity index is 871. The number of nitrogens with zero attached hydrogens (tertiary/aromatic N) is 2. The molecule has 4 rings (SSSR count). The van der Waals surface area contributed by atoms with Crippen LogP contribution in [-0.2, 0) is 16.1 Å². The van der Waals surface area contributed by atoms with Crippen molar-refractivity contribution in [2.75, 3.05) is 36.5 Å². The van der Waals surface area contributed by atoms with Gasteiger partial charge in [0.05, 0.1) is 25.1 Å². The molecule has 31 heavy (non-hydrogen) atoms. The fourth-order valence-electron chi connectivity index (χ4n) is 4.12. The van der Waals surface area contributed by atoms with E-state index in [1.54, 1.807) is 18.3 Å². The lowest BCUT2D eigenvalue weighted by Crippen LogP contribution is -2.36. The minimum Gasteiger partial charge on any atom is -0.378 e. The van der Waals surface area contributed by atoms with E-state index < -0.39 is 0 Å². The number of carbonyl (C=O) groups is 2. The van der Waals surface area contributed by atoms with Crippen LogP contribution in [0.4, 0.5) is 11.5 Å². The quantitative estimate of drug-likeness (QED) is 0.746. The van der Waals surface area contributed by atoms with Gasteiger partial charge in [0.15, 0.2) is 0 Å². The number of carbonyl (C=O) groups excluding carboxylic acids is 2. The Kier molecular flexibility index (Phi) is 7.14. The average Bonchev–Trinajstić information content (AvgIpc) is 2.84. The SMILES string of the molecule is O=C(Nc1ccc(N2CCOCC2)nc1)c1ccc(CNC(=O)C2CCCCC2)cc1. The predicted octanol–water partition coefficient (Wildman–Crippen LogP) is 3.37. The molecule has 0 radical (unpaired) electrons. The van der Waals surface area contributed by atoms with Crippen LogP contribution in [0.3, 0.4) is 0 Å². The highest BCUT2D eigenvalue weighted by atomic mass is 16.5. The summed E-state index contributed by atoms with van der Waals surface area (Å²) in [5.41, 5.74) is 2.21. The van der Waals surface area contributed by atoms with Gasteiger partial charge in [-0.25, -0.2) is 4.98 Å². The highest BCUT2D eigenvalue weighted by Crippen LogP contribution is 2.23. The van der Waals surface area contributed by atoms with Crippen molar-refractivity contribution in [3.05, 3.63) is 53.7 Å². The molecule has 0 unspecified atom stereocenters. The second kappa shape index (κ2) is 10.4. The summed E-state index contributed by atoms with van der Waals surface area (Å²) in [6.07, 6.45) is 7.19. The molecule has 0 spiro atoms. The minimum absolute atomic E-state index is 0.148. The van der Waals surface area contributed by atoms with Crippen LogP contribution in [-0.4, -0.2) is 43.1 Å². The maximum absolute atomic E-state index is 12.5. The summed E-state index contributed by atoms with van der Waals surface area (Å²) in [6.45, 7) is 3.56. The number of ether oxygens (including phenoxy) is 1. The van der Waals surface area contributed by atoms with Crippen molar-refractivity contribution in [2.24, 2.45) is 5.92 Å². The molecule has 1 aliphatic carbocycles. The molecule has 2 aliphatic rings. The maximum Gasteiger partial charge on any atom is 0.255 e. The van der Waals surface area contributed by atoms with E-state index in [2.05, 4.69) is 20.5 Å². The molecular weight excluding hydrogens is 392 g/mol. The van der Waals surface area contributed by atoms with Gasteiger partial charge in [-0.15, -0.1) is 0 Å². The Morgan fingerprint density at radius 2 is 1.74 bits per heavy atom. The van der Waals surface area contributed by atoms with Crippen molar-refractivity contribution in [2.45, 2.75) is 38.6 Å². The standard InChI is InChI=1S/C24H30N4O3/c29-23(19-4-2-1-3-5-19)26-16-18-6-8-20(9-7-18)24(30)27-21-10-11-22(25-17-21)28-12-14-31-15-13-28/h6-11,17,19H,1-5,12-16H2,(H,26,29)(H,27,30). The number of anilines is 2. The van der Waals surface area contributed by atoms with Gasteiger partial charge in [0, 0.05) is 31.1 Å². The maximum atomic E-state index is 12.5. The smallest absolute Gasteiger partial charge is 0.255 e. The van der Waals surface area contributed by atoms with Gasteiger partial charge in [0.2, 0.25) is 5.91 Å². The van der Waals surface area contributed by atoms with Crippen LogP contribution < -0.4 is 15.5 Å². The van der Waals surface area contributed by atoms with Gasteiger partial charge in [-0.1, -0.05) is 31.4 Å². The first-order valence-corrected chi connectivity index (χ1v) is 11.2. The largest absolute Gasteiger partial charge is 0.378 e. The van der Waals surface area contributed by atoms with Crippen molar-refractivity contribution in [3.8, 4) is 0 Å². The first-order chi connectivity index (χ1) is 15.2. The number of amides is 2. The molecule has 0 atom stereocenters. The van der Waals surface area contributed by atoms with Crippen molar-refractivity contribution in [3.63, 3.8) is 0 Å². The Morgan fingerprint density at radius 1 is 1.00 bits per heavy atom. The van der Waals surface area contributed by atoms with Crippen molar-refractivity contribution >= 4 is 23.3 Å². The zero-order chi connectivity index (χ0) is 21.5. The molecule has 2 amide bonds. The van der Waals surface area contributed by atoms with Gasteiger partial charge in [0.25, 0.3) is 5.91 Å². The fourth-order valence-corrected chi connectivity index (χ4v) is 4.12. The third-order valence-electron chi connectivity index (χ3n) is 6.00.